The Kier molecular flexibility index (Phi) is 7.14. The number of carbonyl (C=O) groups excluding carboxylic acids is 2. The number of halogens is 2. The third-order valence-electron chi connectivity index (χ3n) is 3.96. The van der Waals surface area contributed by atoms with Crippen molar-refractivity contribution in [3.63, 3.8) is 0 Å². The molecule has 0 heterocycles. The van der Waals surface area contributed by atoms with Crippen molar-refractivity contribution in [2.45, 2.75) is 33.9 Å². The van der Waals surface area contributed by atoms with E-state index in [4.69, 9.17) is 4.74 Å². The summed E-state index contributed by atoms with van der Waals surface area (Å²) in [5.74, 6) is -0.479. The summed E-state index contributed by atoms with van der Waals surface area (Å²) >= 11 is 0. The Morgan fingerprint density at radius 1 is 1.07 bits per heavy atom. The maximum Gasteiger partial charge on any atom is 0.387 e. The van der Waals surface area contributed by atoms with Crippen LogP contribution in [0.4, 0.5) is 14.5 Å². The van der Waals surface area contributed by atoms with E-state index in [1.165, 1.54) is 19.2 Å². The quantitative estimate of drug-likeness (QED) is 0.722. The van der Waals surface area contributed by atoms with Gasteiger partial charge in [0.05, 0.1) is 7.11 Å². The van der Waals surface area contributed by atoms with Crippen molar-refractivity contribution in [1.29, 1.82) is 0 Å². The number of alkyl halides is 2. The van der Waals surface area contributed by atoms with Gasteiger partial charge in [-0.3, -0.25) is 9.59 Å². The van der Waals surface area contributed by atoms with E-state index in [1.807, 2.05) is 0 Å². The van der Waals surface area contributed by atoms with Crippen molar-refractivity contribution < 1.29 is 27.8 Å². The molecule has 0 aliphatic rings. The molecular weight excluding hydrogens is 382 g/mol. The zero-order valence-corrected chi connectivity index (χ0v) is 16.7. The summed E-state index contributed by atoms with van der Waals surface area (Å²) in [6, 6.07) is 11.0. The highest BCUT2D eigenvalue weighted by atomic mass is 19.3. The first-order valence-electron chi connectivity index (χ1n) is 8.91. The van der Waals surface area contributed by atoms with E-state index in [1.54, 1.807) is 51.1 Å². The predicted molar refractivity (Wildman–Crippen MR) is 105 cm³/mol. The lowest BCUT2D eigenvalue weighted by Gasteiger charge is -2.18. The number of ether oxygens (including phenoxy) is 2. The lowest BCUT2D eigenvalue weighted by atomic mass is 9.95. The van der Waals surface area contributed by atoms with E-state index >= 15 is 0 Å². The van der Waals surface area contributed by atoms with Crippen LogP contribution in [0.1, 0.15) is 36.7 Å². The number of hydrogen-bond donors (Lipinski definition) is 2. The Balaban J connectivity index is 2.06. The van der Waals surface area contributed by atoms with E-state index in [0.717, 1.165) is 0 Å². The summed E-state index contributed by atoms with van der Waals surface area (Å²) in [5, 5.41) is 5.48. The van der Waals surface area contributed by atoms with Crippen LogP contribution >= 0.6 is 0 Å². The molecular formula is C21H24F2N2O4. The zero-order valence-electron chi connectivity index (χ0n) is 16.7. The van der Waals surface area contributed by atoms with Gasteiger partial charge < -0.3 is 20.1 Å². The van der Waals surface area contributed by atoms with E-state index in [9.17, 15) is 18.4 Å². The highest BCUT2D eigenvalue weighted by Crippen LogP contribution is 2.29. The number of benzene rings is 2. The smallest absolute Gasteiger partial charge is 0.387 e. The number of carbonyl (C=O) groups is 2. The molecule has 0 atom stereocenters. The van der Waals surface area contributed by atoms with Gasteiger partial charge in [0.2, 0.25) is 5.91 Å². The average molecular weight is 406 g/mol. The van der Waals surface area contributed by atoms with Crippen molar-refractivity contribution in [2.24, 2.45) is 5.41 Å². The predicted octanol–water partition coefficient (Wildman–Crippen LogP) is 4.21. The maximum atomic E-state index is 12.5. The fraction of sp³-hybridized carbons (Fsp3) is 0.333. The zero-order chi connectivity index (χ0) is 21.6. The van der Waals surface area contributed by atoms with Gasteiger partial charge in [0.25, 0.3) is 5.91 Å². The Hall–Kier alpha value is -3.16. The number of hydrogen-bond acceptors (Lipinski definition) is 4. The Labute approximate surface area is 168 Å². The molecule has 2 amide bonds. The van der Waals surface area contributed by atoms with Gasteiger partial charge in [0.15, 0.2) is 11.5 Å². The minimum absolute atomic E-state index is 0.0982. The number of anilines is 1. The first-order chi connectivity index (χ1) is 13.6. The SMILES string of the molecule is COc1ccc(CNC(=O)c2cccc(NC(=O)C(C)(C)C)c2)cc1OC(F)F. The van der Waals surface area contributed by atoms with Gasteiger partial charge in [-0.05, 0) is 35.9 Å². The molecule has 2 N–H and O–H groups in total. The van der Waals surface area contributed by atoms with Gasteiger partial charge in [-0.2, -0.15) is 8.78 Å². The Morgan fingerprint density at radius 2 is 1.79 bits per heavy atom. The molecule has 0 fully saturated rings. The maximum absolute atomic E-state index is 12.5. The fourth-order valence-corrected chi connectivity index (χ4v) is 2.36. The second-order valence-corrected chi connectivity index (χ2v) is 7.33. The van der Waals surface area contributed by atoms with Gasteiger partial charge >= 0.3 is 6.61 Å². The Morgan fingerprint density at radius 3 is 2.41 bits per heavy atom. The van der Waals surface area contributed by atoms with Crippen LogP contribution < -0.4 is 20.1 Å². The molecule has 0 aliphatic carbocycles. The summed E-state index contributed by atoms with van der Waals surface area (Å²) in [5.41, 5.74) is 0.862. The molecule has 0 radical (unpaired) electrons. The van der Waals surface area contributed by atoms with Crippen LogP contribution in [0.5, 0.6) is 11.5 Å². The van der Waals surface area contributed by atoms with Crippen molar-refractivity contribution in [1.82, 2.24) is 5.32 Å². The average Bonchev–Trinajstić information content (AvgIpc) is 2.65. The third-order valence-corrected chi connectivity index (χ3v) is 3.96. The molecule has 0 unspecified atom stereocenters. The van der Waals surface area contributed by atoms with Gasteiger partial charge in [-0.1, -0.05) is 32.9 Å². The molecule has 0 saturated carbocycles. The number of amides is 2. The number of nitrogens with one attached hydrogen (secondary N) is 2. The number of methoxy groups -OCH3 is 1. The molecule has 6 nitrogen and oxygen atoms in total. The second-order valence-electron chi connectivity index (χ2n) is 7.33. The van der Waals surface area contributed by atoms with Gasteiger partial charge in [0, 0.05) is 23.2 Å². The van der Waals surface area contributed by atoms with Crippen molar-refractivity contribution in [3.05, 3.63) is 53.6 Å². The largest absolute Gasteiger partial charge is 0.493 e. The second kappa shape index (κ2) is 9.36. The summed E-state index contributed by atoms with van der Waals surface area (Å²) in [6.45, 7) is 2.49. The minimum atomic E-state index is -2.99. The van der Waals surface area contributed by atoms with Crippen LogP contribution in [0, 0.1) is 5.41 Å². The summed E-state index contributed by atoms with van der Waals surface area (Å²) in [7, 11) is 1.35. The van der Waals surface area contributed by atoms with E-state index < -0.39 is 12.0 Å². The van der Waals surface area contributed by atoms with Crippen molar-refractivity contribution >= 4 is 17.5 Å². The molecule has 8 heteroatoms. The highest BCUT2D eigenvalue weighted by Gasteiger charge is 2.21. The molecule has 0 saturated heterocycles. The third kappa shape index (κ3) is 6.44. The fourth-order valence-electron chi connectivity index (χ4n) is 2.36. The van der Waals surface area contributed by atoms with Crippen molar-refractivity contribution in [3.8, 4) is 11.5 Å². The topological polar surface area (TPSA) is 76.7 Å². The lowest BCUT2D eigenvalue weighted by molar-refractivity contribution is -0.123. The van der Waals surface area contributed by atoms with Gasteiger partial charge in [-0.15, -0.1) is 0 Å². The molecule has 2 aromatic rings. The minimum Gasteiger partial charge on any atom is -0.493 e. The van der Waals surface area contributed by atoms with E-state index in [0.29, 0.717) is 16.8 Å². The highest BCUT2D eigenvalue weighted by molar-refractivity contribution is 5.98. The normalized spacial score (nSPS) is 11.1. The van der Waals surface area contributed by atoms with Crippen LogP contribution in [-0.2, 0) is 11.3 Å². The van der Waals surface area contributed by atoms with Crippen LogP contribution in [0.3, 0.4) is 0 Å². The molecule has 29 heavy (non-hydrogen) atoms. The molecule has 156 valence electrons. The first kappa shape index (κ1) is 22.1. The van der Waals surface area contributed by atoms with Crippen LogP contribution in [0.25, 0.3) is 0 Å². The standard InChI is InChI=1S/C21H24F2N2O4/c1-21(2,3)19(27)25-15-7-5-6-14(11-15)18(26)24-12-13-8-9-16(28-4)17(10-13)29-20(22)23/h5-11,20H,12H2,1-4H3,(H,24,26)(H,25,27). The van der Waals surface area contributed by atoms with E-state index in [-0.39, 0.29) is 29.9 Å². The van der Waals surface area contributed by atoms with E-state index in [2.05, 4.69) is 15.4 Å². The molecule has 2 rings (SSSR count). The van der Waals surface area contributed by atoms with Crippen molar-refractivity contribution in [2.75, 3.05) is 12.4 Å². The molecule has 0 aromatic heterocycles. The Bertz CT molecular complexity index is 879. The number of rotatable bonds is 7. The monoisotopic (exact) mass is 406 g/mol. The summed E-state index contributed by atoms with van der Waals surface area (Å²) in [4.78, 5) is 24.5. The van der Waals surface area contributed by atoms with Crippen LogP contribution in [0.2, 0.25) is 0 Å². The molecule has 0 aliphatic heterocycles. The molecule has 2 aromatic carbocycles. The van der Waals surface area contributed by atoms with Crippen LogP contribution in [0.15, 0.2) is 42.5 Å². The summed E-state index contributed by atoms with van der Waals surface area (Å²) < 4.78 is 34.5. The lowest BCUT2D eigenvalue weighted by Crippen LogP contribution is -2.28. The van der Waals surface area contributed by atoms with Gasteiger partial charge in [0.1, 0.15) is 0 Å². The first-order valence-corrected chi connectivity index (χ1v) is 8.91. The van der Waals surface area contributed by atoms with Crippen LogP contribution in [-0.4, -0.2) is 25.5 Å². The molecule has 0 bridgehead atoms. The van der Waals surface area contributed by atoms with Gasteiger partial charge in [-0.25, -0.2) is 0 Å². The summed E-state index contributed by atoms with van der Waals surface area (Å²) in [6.07, 6.45) is 0. The molecule has 0 spiro atoms.